The number of nitrogens with zero attached hydrogens (tertiary/aromatic N) is 1. The number of carboxylic acids is 1. The van der Waals surface area contributed by atoms with Crippen molar-refractivity contribution in [1.82, 2.24) is 4.98 Å². The zero-order chi connectivity index (χ0) is 8.97. The van der Waals surface area contributed by atoms with Gasteiger partial charge >= 0.3 is 5.97 Å². The van der Waals surface area contributed by atoms with Gasteiger partial charge in [-0.2, -0.15) is 0 Å². The quantitative estimate of drug-likeness (QED) is 0.823. The molecule has 0 fully saturated rings. The first kappa shape index (κ1) is 8.99. The summed E-state index contributed by atoms with van der Waals surface area (Å²) >= 11 is 3.22. The van der Waals surface area contributed by atoms with Gasteiger partial charge in [-0.1, -0.05) is 0 Å². The molecular formula is C7H7BrN2O2. The lowest BCUT2D eigenvalue weighted by Crippen LogP contribution is -2.12. The van der Waals surface area contributed by atoms with E-state index in [0.717, 1.165) is 4.47 Å². The summed E-state index contributed by atoms with van der Waals surface area (Å²) in [7, 11) is 0. The third kappa shape index (κ3) is 2.87. The van der Waals surface area contributed by atoms with Gasteiger partial charge in [0, 0.05) is 10.7 Å². The standard InChI is InChI=1S/C7H7BrN2O2/c8-5-1-6(3-9-2-5)10-4-7(11)12/h1-3,10H,4H2,(H,11,12). The van der Waals surface area contributed by atoms with Gasteiger partial charge in [0.15, 0.2) is 0 Å². The Kier molecular flexibility index (Phi) is 3.04. The Morgan fingerprint density at radius 3 is 3.00 bits per heavy atom. The summed E-state index contributed by atoms with van der Waals surface area (Å²) in [6.45, 7) is -0.0991. The number of halogens is 1. The van der Waals surface area contributed by atoms with Crippen LogP contribution in [0.5, 0.6) is 0 Å². The smallest absolute Gasteiger partial charge is 0.322 e. The minimum atomic E-state index is -0.894. The topological polar surface area (TPSA) is 62.2 Å². The molecule has 2 N–H and O–H groups in total. The third-order valence-corrected chi connectivity index (χ3v) is 1.58. The van der Waals surface area contributed by atoms with Gasteiger partial charge in [0.1, 0.15) is 6.54 Å². The summed E-state index contributed by atoms with van der Waals surface area (Å²) in [6, 6.07) is 1.76. The van der Waals surface area contributed by atoms with Crippen LogP contribution in [0.2, 0.25) is 0 Å². The van der Waals surface area contributed by atoms with Crippen LogP contribution in [0.15, 0.2) is 22.9 Å². The Morgan fingerprint density at radius 1 is 1.67 bits per heavy atom. The fourth-order valence-corrected chi connectivity index (χ4v) is 1.05. The second kappa shape index (κ2) is 4.06. The lowest BCUT2D eigenvalue weighted by molar-refractivity contribution is -0.134. The molecule has 0 aromatic carbocycles. The van der Waals surface area contributed by atoms with Crippen molar-refractivity contribution < 1.29 is 9.90 Å². The number of hydrogen-bond acceptors (Lipinski definition) is 3. The van der Waals surface area contributed by atoms with E-state index in [-0.39, 0.29) is 6.54 Å². The van der Waals surface area contributed by atoms with E-state index in [1.165, 1.54) is 0 Å². The van der Waals surface area contributed by atoms with Crippen molar-refractivity contribution in [3.8, 4) is 0 Å². The summed E-state index contributed by atoms with van der Waals surface area (Å²) in [4.78, 5) is 14.0. The Balaban J connectivity index is 2.57. The molecular weight excluding hydrogens is 224 g/mol. The van der Waals surface area contributed by atoms with Crippen molar-refractivity contribution in [2.45, 2.75) is 0 Å². The van der Waals surface area contributed by atoms with Gasteiger partial charge in [-0.25, -0.2) is 0 Å². The normalized spacial score (nSPS) is 9.42. The van der Waals surface area contributed by atoms with Gasteiger partial charge in [0.05, 0.1) is 11.9 Å². The number of anilines is 1. The molecule has 1 heterocycles. The number of aliphatic carboxylic acids is 1. The van der Waals surface area contributed by atoms with E-state index in [9.17, 15) is 4.79 Å². The summed E-state index contributed by atoms with van der Waals surface area (Å²) in [5.41, 5.74) is 0.687. The molecule has 0 radical (unpaired) electrons. The van der Waals surface area contributed by atoms with E-state index >= 15 is 0 Å². The summed E-state index contributed by atoms with van der Waals surface area (Å²) in [5.74, 6) is -0.894. The molecule has 1 aromatic heterocycles. The minimum Gasteiger partial charge on any atom is -0.480 e. The minimum absolute atomic E-state index is 0.0991. The number of hydrogen-bond donors (Lipinski definition) is 2. The first-order chi connectivity index (χ1) is 5.68. The van der Waals surface area contributed by atoms with Crippen molar-refractivity contribution in [3.05, 3.63) is 22.9 Å². The van der Waals surface area contributed by atoms with E-state index in [1.54, 1.807) is 18.5 Å². The first-order valence-corrected chi connectivity index (χ1v) is 4.04. The number of rotatable bonds is 3. The summed E-state index contributed by atoms with van der Waals surface area (Å²) in [5, 5.41) is 11.0. The van der Waals surface area contributed by atoms with Crippen LogP contribution < -0.4 is 5.32 Å². The number of aromatic nitrogens is 1. The predicted octanol–water partition coefficient (Wildman–Crippen LogP) is 1.34. The zero-order valence-corrected chi connectivity index (χ0v) is 7.71. The van der Waals surface area contributed by atoms with Crippen molar-refractivity contribution in [2.75, 3.05) is 11.9 Å². The molecule has 0 aliphatic rings. The average Bonchev–Trinajstić information content (AvgIpc) is 2.01. The molecule has 1 rings (SSSR count). The van der Waals surface area contributed by atoms with E-state index in [2.05, 4.69) is 26.2 Å². The first-order valence-electron chi connectivity index (χ1n) is 3.24. The molecule has 12 heavy (non-hydrogen) atoms. The van der Waals surface area contributed by atoms with Crippen LogP contribution in [0.3, 0.4) is 0 Å². The highest BCUT2D eigenvalue weighted by Gasteiger charge is 1.96. The van der Waals surface area contributed by atoms with E-state index < -0.39 is 5.97 Å². The molecule has 0 amide bonds. The summed E-state index contributed by atoms with van der Waals surface area (Å²) < 4.78 is 0.817. The Morgan fingerprint density at radius 2 is 2.42 bits per heavy atom. The fourth-order valence-electron chi connectivity index (χ4n) is 0.686. The highest BCUT2D eigenvalue weighted by molar-refractivity contribution is 9.10. The SMILES string of the molecule is O=C(O)CNc1cncc(Br)c1. The van der Waals surface area contributed by atoms with Gasteiger partial charge in [0.2, 0.25) is 0 Å². The van der Waals surface area contributed by atoms with Crippen LogP contribution in [0, 0.1) is 0 Å². The monoisotopic (exact) mass is 230 g/mol. The van der Waals surface area contributed by atoms with Crippen LogP contribution in [-0.4, -0.2) is 22.6 Å². The van der Waals surface area contributed by atoms with Gasteiger partial charge in [0.25, 0.3) is 0 Å². The van der Waals surface area contributed by atoms with Crippen molar-refractivity contribution in [1.29, 1.82) is 0 Å². The number of carbonyl (C=O) groups is 1. The molecule has 1 aromatic rings. The second-order valence-corrected chi connectivity index (χ2v) is 3.05. The molecule has 0 aliphatic heterocycles. The molecule has 5 heteroatoms. The molecule has 0 saturated heterocycles. The van der Waals surface area contributed by atoms with Crippen LogP contribution in [-0.2, 0) is 4.79 Å². The third-order valence-electron chi connectivity index (χ3n) is 1.15. The molecule has 4 nitrogen and oxygen atoms in total. The Labute approximate surface area is 77.8 Å². The Bertz CT molecular complexity index is 290. The number of nitrogens with one attached hydrogen (secondary N) is 1. The van der Waals surface area contributed by atoms with Gasteiger partial charge in [-0.15, -0.1) is 0 Å². The second-order valence-electron chi connectivity index (χ2n) is 2.14. The van der Waals surface area contributed by atoms with Crippen LogP contribution in [0.25, 0.3) is 0 Å². The molecule has 0 aliphatic carbocycles. The lowest BCUT2D eigenvalue weighted by atomic mass is 10.4. The zero-order valence-electron chi connectivity index (χ0n) is 6.12. The van der Waals surface area contributed by atoms with E-state index in [4.69, 9.17) is 5.11 Å². The Hall–Kier alpha value is -1.10. The average molecular weight is 231 g/mol. The highest BCUT2D eigenvalue weighted by Crippen LogP contribution is 2.12. The highest BCUT2D eigenvalue weighted by atomic mass is 79.9. The van der Waals surface area contributed by atoms with Gasteiger partial charge in [-0.3, -0.25) is 9.78 Å². The fraction of sp³-hybridized carbons (Fsp3) is 0.143. The molecule has 64 valence electrons. The van der Waals surface area contributed by atoms with Crippen LogP contribution in [0.4, 0.5) is 5.69 Å². The lowest BCUT2D eigenvalue weighted by Gasteiger charge is -2.01. The van der Waals surface area contributed by atoms with Crippen LogP contribution >= 0.6 is 15.9 Å². The maximum absolute atomic E-state index is 10.2. The van der Waals surface area contributed by atoms with Crippen molar-refractivity contribution >= 4 is 27.6 Å². The summed E-state index contributed by atoms with van der Waals surface area (Å²) in [6.07, 6.45) is 3.19. The molecule has 0 spiro atoms. The maximum atomic E-state index is 10.2. The molecule has 0 unspecified atom stereocenters. The molecule has 0 atom stereocenters. The van der Waals surface area contributed by atoms with Gasteiger partial charge in [-0.05, 0) is 22.0 Å². The van der Waals surface area contributed by atoms with Crippen molar-refractivity contribution in [3.63, 3.8) is 0 Å². The largest absolute Gasteiger partial charge is 0.480 e. The number of carboxylic acid groups (broad SMARTS) is 1. The van der Waals surface area contributed by atoms with E-state index in [1.807, 2.05) is 0 Å². The molecule has 0 bridgehead atoms. The molecule has 0 saturated carbocycles. The van der Waals surface area contributed by atoms with E-state index in [0.29, 0.717) is 5.69 Å². The predicted molar refractivity (Wildman–Crippen MR) is 48.1 cm³/mol. The maximum Gasteiger partial charge on any atom is 0.322 e. The van der Waals surface area contributed by atoms with Crippen LogP contribution in [0.1, 0.15) is 0 Å². The van der Waals surface area contributed by atoms with Crippen molar-refractivity contribution in [2.24, 2.45) is 0 Å². The van der Waals surface area contributed by atoms with Gasteiger partial charge < -0.3 is 10.4 Å². The number of pyridine rings is 1.